The van der Waals surface area contributed by atoms with Gasteiger partial charge in [-0.25, -0.2) is 0 Å². The first-order valence-corrected chi connectivity index (χ1v) is 14.9. The molecule has 5 heteroatoms. The van der Waals surface area contributed by atoms with Crippen molar-refractivity contribution in [2.45, 2.75) is 136 Å². The van der Waals surface area contributed by atoms with Crippen LogP contribution in [-0.4, -0.2) is 36.3 Å². The Kier molecular flexibility index (Phi) is 29.1. The Morgan fingerprint density at radius 1 is 0.533 bits per heavy atom. The van der Waals surface area contributed by atoms with Crippen molar-refractivity contribution in [3.63, 3.8) is 0 Å². The summed E-state index contributed by atoms with van der Waals surface area (Å²) in [5, 5.41) is 0. The van der Waals surface area contributed by atoms with Gasteiger partial charge in [0.15, 0.2) is 0 Å². The largest absolute Gasteiger partial charge is 0.500 e. The van der Waals surface area contributed by atoms with Crippen molar-refractivity contribution in [3.8, 4) is 0 Å². The van der Waals surface area contributed by atoms with Crippen LogP contribution in [-0.2, 0) is 13.3 Å². The molecule has 0 amide bonds. The highest BCUT2D eigenvalue weighted by atomic mass is 28.4. The maximum atomic E-state index is 11.7. The Labute approximate surface area is 190 Å². The highest BCUT2D eigenvalue weighted by Gasteiger charge is 2.37. The molecule has 0 unspecified atom stereocenters. The van der Waals surface area contributed by atoms with Crippen LogP contribution in [0.1, 0.15) is 130 Å². The van der Waals surface area contributed by atoms with Crippen LogP contribution in [0.25, 0.3) is 0 Å². The van der Waals surface area contributed by atoms with E-state index in [1.165, 1.54) is 83.5 Å². The minimum atomic E-state index is -2.32. The summed E-state index contributed by atoms with van der Waals surface area (Å²) in [6.45, 7) is 7.27. The molecule has 0 radical (unpaired) electrons. The quantitative estimate of drug-likeness (QED) is 0.122. The van der Waals surface area contributed by atoms with Crippen LogP contribution in [0.5, 0.6) is 0 Å². The molecule has 0 aromatic carbocycles. The summed E-state index contributed by atoms with van der Waals surface area (Å²) < 4.78 is 28.5. The van der Waals surface area contributed by atoms with Gasteiger partial charge in [-0.05, 0) is 12.8 Å². The van der Waals surface area contributed by atoms with Crippen molar-refractivity contribution >= 4 is 8.80 Å². The van der Waals surface area contributed by atoms with E-state index in [1.807, 2.05) is 0 Å². The van der Waals surface area contributed by atoms with Gasteiger partial charge in [-0.2, -0.15) is 0 Å². The minimum Gasteiger partial charge on any atom is -0.377 e. The molecule has 0 spiro atoms. The lowest BCUT2D eigenvalue weighted by molar-refractivity contribution is 0.0961. The van der Waals surface area contributed by atoms with Gasteiger partial charge in [0.05, 0.1) is 6.67 Å². The topological polar surface area (TPSA) is 27.7 Å². The van der Waals surface area contributed by atoms with E-state index in [0.29, 0.717) is 0 Å². The van der Waals surface area contributed by atoms with Crippen molar-refractivity contribution in [2.75, 3.05) is 27.5 Å². The van der Waals surface area contributed by atoms with E-state index in [4.69, 9.17) is 13.3 Å². The number of hydrogen-bond donors (Lipinski definition) is 0. The maximum Gasteiger partial charge on any atom is 0.500 e. The fourth-order valence-electron chi connectivity index (χ4n) is 3.48. The van der Waals surface area contributed by atoms with Gasteiger partial charge < -0.3 is 13.3 Å². The van der Waals surface area contributed by atoms with E-state index in [0.717, 1.165) is 38.3 Å². The van der Waals surface area contributed by atoms with Crippen molar-refractivity contribution in [1.82, 2.24) is 0 Å². The van der Waals surface area contributed by atoms with Crippen molar-refractivity contribution < 1.29 is 17.7 Å². The number of unbranched alkanes of at least 4 members (excludes halogenated alkanes) is 14. The summed E-state index contributed by atoms with van der Waals surface area (Å²) in [6.07, 6.45) is 21.4. The second-order valence-corrected chi connectivity index (χ2v) is 11.3. The van der Waals surface area contributed by atoms with Crippen molar-refractivity contribution in [1.29, 1.82) is 0 Å². The van der Waals surface area contributed by atoms with Crippen LogP contribution in [0.15, 0.2) is 0 Å². The molecule has 0 fully saturated rings. The standard InChI is InChI=1S/C13H30O3Si.C12H25F/c1-5-7-8-9-10-11-12-16-17(14-3,15-4)13-6-2;1-2-3-4-5-6-7-8-9-10-11-12-13/h5-13H2,1-4H3;2-12H2,1H3. The lowest BCUT2D eigenvalue weighted by Crippen LogP contribution is -2.43. The van der Waals surface area contributed by atoms with E-state index in [1.54, 1.807) is 14.2 Å². The van der Waals surface area contributed by atoms with Crippen LogP contribution in [0.3, 0.4) is 0 Å². The average molecular weight is 451 g/mol. The van der Waals surface area contributed by atoms with Crippen molar-refractivity contribution in [2.24, 2.45) is 0 Å². The molecule has 0 N–H and O–H groups in total. The molecule has 0 aliphatic heterocycles. The Morgan fingerprint density at radius 3 is 1.30 bits per heavy atom. The third-order valence-corrected chi connectivity index (χ3v) is 8.49. The van der Waals surface area contributed by atoms with Crippen LogP contribution < -0.4 is 0 Å². The second-order valence-electron chi connectivity index (χ2n) is 8.33. The van der Waals surface area contributed by atoms with Gasteiger partial charge in [0, 0.05) is 26.9 Å². The summed E-state index contributed by atoms with van der Waals surface area (Å²) in [5.74, 6) is 0. The van der Waals surface area contributed by atoms with Crippen LogP contribution in [0.2, 0.25) is 6.04 Å². The fraction of sp³-hybridized carbons (Fsp3) is 1.00. The summed E-state index contributed by atoms with van der Waals surface area (Å²) in [6, 6.07) is 0.913. The molecule has 0 aliphatic carbocycles. The number of halogens is 1. The van der Waals surface area contributed by atoms with Crippen molar-refractivity contribution in [3.05, 3.63) is 0 Å². The minimum absolute atomic E-state index is 0.128. The molecule has 0 aliphatic rings. The van der Waals surface area contributed by atoms with Gasteiger partial charge in [-0.15, -0.1) is 0 Å². The molecule has 0 atom stereocenters. The Balaban J connectivity index is 0. The van der Waals surface area contributed by atoms with Crippen LogP contribution in [0, 0.1) is 0 Å². The zero-order chi connectivity index (χ0) is 22.8. The van der Waals surface area contributed by atoms with Crippen LogP contribution >= 0.6 is 0 Å². The van der Waals surface area contributed by atoms with Gasteiger partial charge in [-0.1, -0.05) is 117 Å². The molecule has 0 bridgehead atoms. The van der Waals surface area contributed by atoms with Gasteiger partial charge in [-0.3, -0.25) is 4.39 Å². The lowest BCUT2D eigenvalue weighted by Gasteiger charge is -2.25. The molecule has 0 rings (SSSR count). The molecule has 3 nitrogen and oxygen atoms in total. The summed E-state index contributed by atoms with van der Waals surface area (Å²) in [7, 11) is 1.08. The number of rotatable bonds is 22. The second kappa shape index (κ2) is 27.1. The van der Waals surface area contributed by atoms with E-state index in [2.05, 4.69) is 20.8 Å². The fourth-order valence-corrected chi connectivity index (χ4v) is 5.50. The van der Waals surface area contributed by atoms with E-state index >= 15 is 0 Å². The monoisotopic (exact) mass is 450 g/mol. The Bertz CT molecular complexity index is 292. The third-order valence-electron chi connectivity index (χ3n) is 5.49. The van der Waals surface area contributed by atoms with Gasteiger partial charge in [0.25, 0.3) is 0 Å². The predicted octanol–water partition coefficient (Wildman–Crippen LogP) is 8.88. The highest BCUT2D eigenvalue weighted by molar-refractivity contribution is 6.60. The Hall–Kier alpha value is 0.0269. The third kappa shape index (κ3) is 22.7. The Morgan fingerprint density at radius 2 is 0.933 bits per heavy atom. The highest BCUT2D eigenvalue weighted by Crippen LogP contribution is 2.17. The van der Waals surface area contributed by atoms with E-state index < -0.39 is 8.80 Å². The van der Waals surface area contributed by atoms with E-state index in [9.17, 15) is 4.39 Å². The molecular weight excluding hydrogens is 395 g/mol. The first-order valence-electron chi connectivity index (χ1n) is 13.0. The summed E-state index contributed by atoms with van der Waals surface area (Å²) in [5.41, 5.74) is 0. The average Bonchev–Trinajstić information content (AvgIpc) is 2.77. The molecule has 184 valence electrons. The van der Waals surface area contributed by atoms with Gasteiger partial charge in [0.2, 0.25) is 0 Å². The molecule has 0 aromatic heterocycles. The number of hydrogen-bond acceptors (Lipinski definition) is 3. The van der Waals surface area contributed by atoms with E-state index in [-0.39, 0.29) is 6.67 Å². The maximum absolute atomic E-state index is 11.7. The zero-order valence-corrected chi connectivity index (χ0v) is 22.2. The molecule has 0 heterocycles. The SMILES string of the molecule is CCCCCCCCCCCCF.CCCCCCCCO[Si](CCC)(OC)OC. The smallest absolute Gasteiger partial charge is 0.377 e. The molecular formula is C25H55FO3Si. The number of alkyl halides is 1. The lowest BCUT2D eigenvalue weighted by atomic mass is 10.1. The molecule has 0 aromatic rings. The summed E-state index contributed by atoms with van der Waals surface area (Å²) in [4.78, 5) is 0. The first kappa shape index (κ1) is 32.2. The van der Waals surface area contributed by atoms with Gasteiger partial charge in [0.1, 0.15) is 0 Å². The summed E-state index contributed by atoms with van der Waals surface area (Å²) >= 11 is 0. The normalized spacial score (nSPS) is 11.4. The van der Waals surface area contributed by atoms with Crippen LogP contribution in [0.4, 0.5) is 4.39 Å². The predicted molar refractivity (Wildman–Crippen MR) is 132 cm³/mol. The molecule has 0 saturated heterocycles. The molecule has 30 heavy (non-hydrogen) atoms. The molecule has 0 saturated carbocycles. The first-order chi connectivity index (χ1) is 14.7. The zero-order valence-electron chi connectivity index (χ0n) is 21.2. The van der Waals surface area contributed by atoms with Gasteiger partial charge >= 0.3 is 8.80 Å².